The molecule has 0 saturated carbocycles. The van der Waals surface area contributed by atoms with Crippen LogP contribution < -0.4 is 10.2 Å². The number of nitrogens with one attached hydrogen (secondary N) is 1. The lowest BCUT2D eigenvalue weighted by Gasteiger charge is -2.22. The van der Waals surface area contributed by atoms with Crippen LogP contribution in [0, 0.1) is 10.1 Å². The van der Waals surface area contributed by atoms with Gasteiger partial charge in [0.05, 0.1) is 9.95 Å². The molecule has 1 aliphatic heterocycles. The first-order valence-electron chi connectivity index (χ1n) is 9.52. The molecule has 4 rings (SSSR count). The number of carbonyl (C=O) groups excluding carboxylic acids is 1. The van der Waals surface area contributed by atoms with Crippen molar-refractivity contribution in [2.24, 2.45) is 0 Å². The number of nitro benzene ring substituents is 1. The van der Waals surface area contributed by atoms with Gasteiger partial charge in [0.2, 0.25) is 0 Å². The molecule has 156 valence electrons. The summed E-state index contributed by atoms with van der Waals surface area (Å²) < 4.78 is 0.610. The predicted octanol–water partition coefficient (Wildman–Crippen LogP) is 4.86. The van der Waals surface area contributed by atoms with Crippen molar-refractivity contribution >= 4 is 56.0 Å². The predicted molar refractivity (Wildman–Crippen MR) is 122 cm³/mol. The van der Waals surface area contributed by atoms with Gasteiger partial charge >= 0.3 is 0 Å². The lowest BCUT2D eigenvalue weighted by molar-refractivity contribution is -0.384. The van der Waals surface area contributed by atoms with Crippen molar-refractivity contribution in [2.45, 2.75) is 12.5 Å². The molecule has 1 atom stereocenters. The third-order valence-electron chi connectivity index (χ3n) is 5.41. The van der Waals surface area contributed by atoms with Crippen molar-refractivity contribution in [3.63, 3.8) is 0 Å². The van der Waals surface area contributed by atoms with Gasteiger partial charge in [0.25, 0.3) is 11.6 Å². The lowest BCUT2D eigenvalue weighted by atomic mass is 10.2. The van der Waals surface area contributed by atoms with Gasteiger partial charge in [-0.1, -0.05) is 11.6 Å². The number of likely N-dealkylation sites (N-methyl/N-ethyl adjacent to an activating group) is 1. The highest BCUT2D eigenvalue weighted by molar-refractivity contribution is 7.21. The van der Waals surface area contributed by atoms with Crippen molar-refractivity contribution in [2.75, 3.05) is 37.4 Å². The van der Waals surface area contributed by atoms with E-state index in [9.17, 15) is 14.9 Å². The normalized spacial score (nSPS) is 16.4. The molecule has 2 heterocycles. The van der Waals surface area contributed by atoms with Gasteiger partial charge < -0.3 is 15.1 Å². The molecule has 0 aliphatic carbocycles. The molecule has 0 spiro atoms. The number of fused-ring (bicyclic) bond motifs is 1. The van der Waals surface area contributed by atoms with Gasteiger partial charge in [0.15, 0.2) is 0 Å². The highest BCUT2D eigenvalue weighted by atomic mass is 35.5. The minimum atomic E-state index is -0.463. The van der Waals surface area contributed by atoms with Gasteiger partial charge in [-0.25, -0.2) is 0 Å². The summed E-state index contributed by atoms with van der Waals surface area (Å²) in [5.74, 6) is -0.328. The molecule has 1 amide bonds. The quantitative estimate of drug-likeness (QED) is 0.449. The van der Waals surface area contributed by atoms with Gasteiger partial charge in [-0.15, -0.1) is 11.3 Å². The number of nitro groups is 1. The maximum absolute atomic E-state index is 12.7. The molecular weight excluding hydrogens is 424 g/mol. The molecule has 0 bridgehead atoms. The minimum absolute atomic E-state index is 0.0265. The van der Waals surface area contributed by atoms with Gasteiger partial charge in [-0.2, -0.15) is 0 Å². The fourth-order valence-electron chi connectivity index (χ4n) is 3.65. The molecule has 1 N–H and O–H groups in total. The molecule has 30 heavy (non-hydrogen) atoms. The molecule has 7 nitrogen and oxygen atoms in total. The summed E-state index contributed by atoms with van der Waals surface area (Å²) in [5.41, 5.74) is 1.78. The SMILES string of the molecule is CN(C)C1CCN(c2ccc(NC(=O)c3sc4cc([N+](=O)[O-])ccc4c3Cl)cc2)C1. The highest BCUT2D eigenvalue weighted by Gasteiger charge is 2.24. The van der Waals surface area contributed by atoms with Crippen LogP contribution in [0.1, 0.15) is 16.1 Å². The van der Waals surface area contributed by atoms with Gasteiger partial charge in [0.1, 0.15) is 4.88 Å². The summed E-state index contributed by atoms with van der Waals surface area (Å²) in [5, 5.41) is 14.8. The van der Waals surface area contributed by atoms with Crippen LogP contribution in [-0.2, 0) is 0 Å². The Morgan fingerprint density at radius 2 is 2.00 bits per heavy atom. The van der Waals surface area contributed by atoms with Crippen molar-refractivity contribution < 1.29 is 9.72 Å². The summed E-state index contributed by atoms with van der Waals surface area (Å²) in [7, 11) is 4.20. The number of anilines is 2. The number of halogens is 1. The van der Waals surface area contributed by atoms with E-state index in [2.05, 4.69) is 29.2 Å². The lowest BCUT2D eigenvalue weighted by Crippen LogP contribution is -2.31. The van der Waals surface area contributed by atoms with E-state index in [4.69, 9.17) is 11.6 Å². The Labute approximate surface area is 183 Å². The zero-order valence-corrected chi connectivity index (χ0v) is 18.2. The number of non-ortho nitro benzene ring substituents is 1. The fourth-order valence-corrected chi connectivity index (χ4v) is 5.10. The molecule has 9 heteroatoms. The molecule has 3 aromatic rings. The molecule has 1 unspecified atom stereocenters. The second kappa shape index (κ2) is 8.22. The third kappa shape index (κ3) is 3.98. The van der Waals surface area contributed by atoms with E-state index < -0.39 is 4.92 Å². The molecule has 1 saturated heterocycles. The molecule has 1 aliphatic rings. The van der Waals surface area contributed by atoms with E-state index in [0.29, 0.717) is 31.7 Å². The molecule has 1 fully saturated rings. The summed E-state index contributed by atoms with van der Waals surface area (Å²) in [6, 6.07) is 12.7. The highest BCUT2D eigenvalue weighted by Crippen LogP contribution is 2.37. The van der Waals surface area contributed by atoms with E-state index >= 15 is 0 Å². The van der Waals surface area contributed by atoms with Crippen LogP contribution in [-0.4, -0.2) is 49.0 Å². The Morgan fingerprint density at radius 3 is 2.63 bits per heavy atom. The number of benzene rings is 2. The maximum Gasteiger partial charge on any atom is 0.270 e. The van der Waals surface area contributed by atoms with Crippen LogP contribution in [0.3, 0.4) is 0 Å². The number of thiophene rings is 1. The number of rotatable bonds is 5. The summed E-state index contributed by atoms with van der Waals surface area (Å²) >= 11 is 7.52. The number of nitrogens with zero attached hydrogens (tertiary/aromatic N) is 3. The van der Waals surface area contributed by atoms with Crippen LogP contribution in [0.25, 0.3) is 10.1 Å². The van der Waals surface area contributed by atoms with Gasteiger partial charge in [0, 0.05) is 52.7 Å². The van der Waals surface area contributed by atoms with E-state index in [-0.39, 0.29) is 11.6 Å². The van der Waals surface area contributed by atoms with E-state index in [1.807, 2.05) is 24.3 Å². The van der Waals surface area contributed by atoms with Gasteiger partial charge in [-0.05, 0) is 50.8 Å². The van der Waals surface area contributed by atoms with Gasteiger partial charge in [-0.3, -0.25) is 14.9 Å². The zero-order valence-electron chi connectivity index (χ0n) is 16.6. The zero-order chi connectivity index (χ0) is 21.4. The number of hydrogen-bond donors (Lipinski definition) is 1. The first kappa shape index (κ1) is 20.6. The van der Waals surface area contributed by atoms with Crippen molar-refractivity contribution in [3.8, 4) is 0 Å². The smallest absolute Gasteiger partial charge is 0.270 e. The average Bonchev–Trinajstić information content (AvgIpc) is 3.34. The van der Waals surface area contributed by atoms with Crippen molar-refractivity contribution in [1.29, 1.82) is 0 Å². The molecule has 1 aromatic heterocycles. The Morgan fingerprint density at radius 1 is 1.27 bits per heavy atom. The fraction of sp³-hybridized carbons (Fsp3) is 0.286. The Hall–Kier alpha value is -2.68. The first-order valence-corrected chi connectivity index (χ1v) is 10.7. The van der Waals surface area contributed by atoms with E-state index in [0.717, 1.165) is 36.5 Å². The average molecular weight is 445 g/mol. The summed E-state index contributed by atoms with van der Waals surface area (Å²) in [6.45, 7) is 2.00. The van der Waals surface area contributed by atoms with Crippen molar-refractivity contribution in [3.05, 3.63) is 62.5 Å². The van der Waals surface area contributed by atoms with Crippen LogP contribution >= 0.6 is 22.9 Å². The molecule has 2 aromatic carbocycles. The molecule has 0 radical (unpaired) electrons. The van der Waals surface area contributed by atoms with Crippen LogP contribution in [0.5, 0.6) is 0 Å². The van der Waals surface area contributed by atoms with Crippen molar-refractivity contribution in [1.82, 2.24) is 4.90 Å². The molecular formula is C21H21ClN4O3S. The number of amides is 1. The third-order valence-corrected chi connectivity index (χ3v) is 7.07. The second-order valence-corrected chi connectivity index (χ2v) is 8.97. The maximum atomic E-state index is 12.7. The number of carbonyl (C=O) groups is 1. The minimum Gasteiger partial charge on any atom is -0.370 e. The Kier molecular flexibility index (Phi) is 5.64. The summed E-state index contributed by atoms with van der Waals surface area (Å²) in [4.78, 5) is 28.2. The van der Waals surface area contributed by atoms with E-state index in [1.165, 1.54) is 12.1 Å². The topological polar surface area (TPSA) is 78.7 Å². The van der Waals surface area contributed by atoms with E-state index in [1.54, 1.807) is 6.07 Å². The van der Waals surface area contributed by atoms with Crippen LogP contribution in [0.4, 0.5) is 17.1 Å². The van der Waals surface area contributed by atoms with Crippen LogP contribution in [0.15, 0.2) is 42.5 Å². The Balaban J connectivity index is 1.49. The first-order chi connectivity index (χ1) is 14.3. The second-order valence-electron chi connectivity index (χ2n) is 7.54. The standard InChI is InChI=1S/C21H21ClN4O3S/c1-24(2)16-9-10-25(12-16)14-5-3-13(4-6-14)23-21(27)20-19(22)17-8-7-15(26(28)29)11-18(17)30-20/h3-8,11,16H,9-10,12H2,1-2H3,(H,23,27). The largest absolute Gasteiger partial charge is 0.370 e. The monoisotopic (exact) mass is 444 g/mol. The summed E-state index contributed by atoms with van der Waals surface area (Å²) in [6.07, 6.45) is 1.13. The Bertz CT molecular complexity index is 1110. The number of hydrogen-bond acceptors (Lipinski definition) is 6. The van der Waals surface area contributed by atoms with Crippen LogP contribution in [0.2, 0.25) is 5.02 Å².